The zero-order valence-electron chi connectivity index (χ0n) is 12.1. The fraction of sp³-hybridized carbons (Fsp3) is 0.625. The Hall–Kier alpha value is -0.900. The van der Waals surface area contributed by atoms with Gasteiger partial charge in [0.15, 0.2) is 6.29 Å². The molecular weight excluding hydrogens is 240 g/mol. The second-order valence-electron chi connectivity index (χ2n) is 6.12. The van der Waals surface area contributed by atoms with Crippen LogP contribution in [0, 0.1) is 5.41 Å². The molecule has 0 radical (unpaired) electrons. The average Bonchev–Trinajstić information content (AvgIpc) is 2.39. The maximum absolute atomic E-state index is 5.94. The van der Waals surface area contributed by atoms with Crippen molar-refractivity contribution in [3.63, 3.8) is 0 Å². The molecule has 0 unspecified atom stereocenters. The molecule has 0 aliphatic carbocycles. The van der Waals surface area contributed by atoms with Crippen LogP contribution in [-0.2, 0) is 20.8 Å². The Morgan fingerprint density at radius 1 is 1.21 bits per heavy atom. The van der Waals surface area contributed by atoms with Gasteiger partial charge in [-0.05, 0) is 12.0 Å². The maximum atomic E-state index is 5.94. The second-order valence-corrected chi connectivity index (χ2v) is 6.12. The van der Waals surface area contributed by atoms with Crippen LogP contribution >= 0.6 is 0 Å². The Morgan fingerprint density at radius 3 is 2.63 bits per heavy atom. The zero-order valence-corrected chi connectivity index (χ0v) is 12.1. The summed E-state index contributed by atoms with van der Waals surface area (Å²) in [6.45, 7) is 8.41. The van der Waals surface area contributed by atoms with Crippen LogP contribution in [0.15, 0.2) is 30.3 Å². The van der Waals surface area contributed by atoms with E-state index >= 15 is 0 Å². The molecule has 3 heteroatoms. The summed E-state index contributed by atoms with van der Waals surface area (Å²) >= 11 is 0. The van der Waals surface area contributed by atoms with Crippen molar-refractivity contribution in [2.75, 3.05) is 13.2 Å². The third-order valence-electron chi connectivity index (χ3n) is 3.15. The van der Waals surface area contributed by atoms with Gasteiger partial charge in [-0.3, -0.25) is 0 Å². The van der Waals surface area contributed by atoms with Crippen LogP contribution in [0.3, 0.4) is 0 Å². The van der Waals surface area contributed by atoms with Gasteiger partial charge in [0.25, 0.3) is 0 Å². The monoisotopic (exact) mass is 264 g/mol. The van der Waals surface area contributed by atoms with Gasteiger partial charge in [0.2, 0.25) is 0 Å². The maximum Gasteiger partial charge on any atom is 0.162 e. The highest BCUT2D eigenvalue weighted by molar-refractivity contribution is 5.13. The first-order chi connectivity index (χ1) is 9.05. The van der Waals surface area contributed by atoms with E-state index in [4.69, 9.17) is 14.2 Å². The molecule has 1 saturated heterocycles. The molecule has 1 aliphatic heterocycles. The van der Waals surface area contributed by atoms with Crippen molar-refractivity contribution in [3.8, 4) is 0 Å². The quantitative estimate of drug-likeness (QED) is 0.834. The molecule has 1 fully saturated rings. The Balaban J connectivity index is 1.74. The van der Waals surface area contributed by atoms with Crippen LogP contribution in [-0.4, -0.2) is 25.6 Å². The van der Waals surface area contributed by atoms with Crippen molar-refractivity contribution in [1.29, 1.82) is 0 Å². The topological polar surface area (TPSA) is 27.7 Å². The number of hydrogen-bond acceptors (Lipinski definition) is 3. The summed E-state index contributed by atoms with van der Waals surface area (Å²) in [6.07, 6.45) is 0.912. The summed E-state index contributed by atoms with van der Waals surface area (Å²) in [5.41, 5.74) is 1.21. The summed E-state index contributed by atoms with van der Waals surface area (Å²) < 4.78 is 17.3. The van der Waals surface area contributed by atoms with Crippen molar-refractivity contribution < 1.29 is 14.2 Å². The number of benzene rings is 1. The third kappa shape index (κ3) is 4.60. The van der Waals surface area contributed by atoms with Gasteiger partial charge >= 0.3 is 0 Å². The van der Waals surface area contributed by atoms with E-state index in [0.29, 0.717) is 13.2 Å². The van der Waals surface area contributed by atoms with Crippen LogP contribution in [0.1, 0.15) is 32.8 Å². The standard InChI is InChI=1S/C16H24O3/c1-16(2,3)15-18-10-9-14(19-15)12-17-11-13-7-5-4-6-8-13/h4-8,14-15H,9-12H2,1-3H3/t14-,15-/m1/s1. The third-order valence-corrected chi connectivity index (χ3v) is 3.15. The molecule has 0 amide bonds. The van der Waals surface area contributed by atoms with E-state index in [2.05, 4.69) is 32.9 Å². The van der Waals surface area contributed by atoms with Crippen LogP contribution in [0.25, 0.3) is 0 Å². The Bertz CT molecular complexity index is 369. The predicted octanol–water partition coefficient (Wildman–Crippen LogP) is 3.38. The number of ether oxygens (including phenoxy) is 3. The van der Waals surface area contributed by atoms with E-state index in [0.717, 1.165) is 13.0 Å². The van der Waals surface area contributed by atoms with Gasteiger partial charge in [-0.1, -0.05) is 51.1 Å². The molecule has 1 aromatic carbocycles. The summed E-state index contributed by atoms with van der Waals surface area (Å²) in [5, 5.41) is 0. The molecule has 0 N–H and O–H groups in total. The Kier molecular flexibility index (Phi) is 4.97. The predicted molar refractivity (Wildman–Crippen MR) is 74.8 cm³/mol. The smallest absolute Gasteiger partial charge is 0.162 e. The largest absolute Gasteiger partial charge is 0.374 e. The Labute approximate surface area is 115 Å². The molecule has 0 bridgehead atoms. The van der Waals surface area contributed by atoms with Crippen LogP contribution < -0.4 is 0 Å². The molecule has 2 rings (SSSR count). The minimum Gasteiger partial charge on any atom is -0.374 e. The summed E-state index contributed by atoms with van der Waals surface area (Å²) in [6, 6.07) is 10.2. The molecule has 0 aromatic heterocycles. The van der Waals surface area contributed by atoms with Crippen molar-refractivity contribution in [2.24, 2.45) is 5.41 Å². The van der Waals surface area contributed by atoms with Gasteiger partial charge in [0, 0.05) is 5.41 Å². The Morgan fingerprint density at radius 2 is 1.95 bits per heavy atom. The van der Waals surface area contributed by atoms with E-state index in [-0.39, 0.29) is 17.8 Å². The normalized spacial score (nSPS) is 24.4. The van der Waals surface area contributed by atoms with Crippen LogP contribution in [0.2, 0.25) is 0 Å². The summed E-state index contributed by atoms with van der Waals surface area (Å²) in [4.78, 5) is 0. The molecule has 2 atom stereocenters. The molecule has 0 spiro atoms. The van der Waals surface area contributed by atoms with Crippen LogP contribution in [0.4, 0.5) is 0 Å². The minimum atomic E-state index is -0.133. The van der Waals surface area contributed by atoms with E-state index in [1.165, 1.54) is 5.56 Å². The molecule has 1 aliphatic rings. The van der Waals surface area contributed by atoms with Gasteiger partial charge in [0.1, 0.15) is 0 Å². The first-order valence-electron chi connectivity index (χ1n) is 6.94. The molecule has 1 aromatic rings. The molecule has 0 saturated carbocycles. The first kappa shape index (κ1) is 14.5. The summed E-state index contributed by atoms with van der Waals surface area (Å²) in [5.74, 6) is 0. The zero-order chi connectivity index (χ0) is 13.7. The van der Waals surface area contributed by atoms with Crippen molar-refractivity contribution in [3.05, 3.63) is 35.9 Å². The van der Waals surface area contributed by atoms with Crippen molar-refractivity contribution >= 4 is 0 Å². The van der Waals surface area contributed by atoms with E-state index in [1.807, 2.05) is 18.2 Å². The fourth-order valence-electron chi connectivity index (χ4n) is 2.05. The fourth-order valence-corrected chi connectivity index (χ4v) is 2.05. The van der Waals surface area contributed by atoms with Gasteiger partial charge in [-0.25, -0.2) is 0 Å². The van der Waals surface area contributed by atoms with Crippen molar-refractivity contribution in [2.45, 2.75) is 46.2 Å². The van der Waals surface area contributed by atoms with E-state index < -0.39 is 0 Å². The van der Waals surface area contributed by atoms with Crippen LogP contribution in [0.5, 0.6) is 0 Å². The molecule has 3 nitrogen and oxygen atoms in total. The van der Waals surface area contributed by atoms with Crippen molar-refractivity contribution in [1.82, 2.24) is 0 Å². The molecule has 106 valence electrons. The highest BCUT2D eigenvalue weighted by Gasteiger charge is 2.32. The molecule has 1 heterocycles. The lowest BCUT2D eigenvalue weighted by Crippen LogP contribution is -2.42. The lowest BCUT2D eigenvalue weighted by molar-refractivity contribution is -0.260. The number of hydrogen-bond donors (Lipinski definition) is 0. The summed E-state index contributed by atoms with van der Waals surface area (Å²) in [7, 11) is 0. The SMILES string of the molecule is CC(C)(C)[C@@H]1OCC[C@H](COCc2ccccc2)O1. The molecular formula is C16H24O3. The average molecular weight is 264 g/mol. The second kappa shape index (κ2) is 6.51. The van der Waals surface area contributed by atoms with E-state index in [1.54, 1.807) is 0 Å². The number of rotatable bonds is 4. The van der Waals surface area contributed by atoms with Gasteiger partial charge in [0.05, 0.1) is 25.9 Å². The lowest BCUT2D eigenvalue weighted by Gasteiger charge is -2.37. The first-order valence-corrected chi connectivity index (χ1v) is 6.94. The minimum absolute atomic E-state index is 0.0120. The highest BCUT2D eigenvalue weighted by atomic mass is 16.7. The van der Waals surface area contributed by atoms with Gasteiger partial charge < -0.3 is 14.2 Å². The lowest BCUT2D eigenvalue weighted by atomic mass is 9.95. The van der Waals surface area contributed by atoms with Gasteiger partial charge in [-0.15, -0.1) is 0 Å². The van der Waals surface area contributed by atoms with Gasteiger partial charge in [-0.2, -0.15) is 0 Å². The van der Waals surface area contributed by atoms with E-state index in [9.17, 15) is 0 Å². The highest BCUT2D eigenvalue weighted by Crippen LogP contribution is 2.28. The molecule has 19 heavy (non-hydrogen) atoms.